The molecule has 0 bridgehead atoms. The van der Waals surface area contributed by atoms with Crippen molar-refractivity contribution in [1.82, 2.24) is 24.9 Å². The van der Waals surface area contributed by atoms with E-state index in [9.17, 15) is 0 Å². The first-order valence-electron chi connectivity index (χ1n) is 8.62. The highest BCUT2D eigenvalue weighted by molar-refractivity contribution is 5.80. The van der Waals surface area contributed by atoms with E-state index in [1.807, 2.05) is 37.5 Å². The zero-order chi connectivity index (χ0) is 18.5. The van der Waals surface area contributed by atoms with E-state index in [2.05, 4.69) is 25.3 Å². The largest absolute Gasteiger partial charge is 0.463 e. The van der Waals surface area contributed by atoms with E-state index >= 15 is 0 Å². The molecule has 0 radical (unpaired) electrons. The summed E-state index contributed by atoms with van der Waals surface area (Å²) in [6.07, 6.45) is 12.9. The molecule has 134 valence electrons. The Kier molecular flexibility index (Phi) is 4.82. The summed E-state index contributed by atoms with van der Waals surface area (Å²) in [6, 6.07) is 5.70. The van der Waals surface area contributed by atoms with Crippen LogP contribution < -0.4 is 5.32 Å². The van der Waals surface area contributed by atoms with Gasteiger partial charge in [-0.3, -0.25) is 15.0 Å². The van der Waals surface area contributed by atoms with Crippen molar-refractivity contribution in [3.8, 4) is 22.6 Å². The number of nitrogens with one attached hydrogen (secondary N) is 1. The summed E-state index contributed by atoms with van der Waals surface area (Å²) in [5, 5.41) is 3.24. The zero-order valence-electron chi connectivity index (χ0n) is 14.8. The molecule has 4 rings (SSSR count). The predicted molar refractivity (Wildman–Crippen MR) is 102 cm³/mol. The fourth-order valence-corrected chi connectivity index (χ4v) is 2.80. The molecule has 4 heterocycles. The maximum atomic E-state index is 5.60. The number of aromatic nitrogens is 5. The van der Waals surface area contributed by atoms with E-state index in [-0.39, 0.29) is 0 Å². The molecular formula is C20H18N6O. The van der Waals surface area contributed by atoms with Gasteiger partial charge in [-0.1, -0.05) is 0 Å². The Labute approximate surface area is 156 Å². The molecule has 0 aliphatic carbocycles. The SMILES string of the molecule is Cc1cnccc1-c1cnc(NCCc2cnccn2)nc1-c1ccco1. The monoisotopic (exact) mass is 358 g/mol. The van der Waals surface area contributed by atoms with Gasteiger partial charge < -0.3 is 9.73 Å². The smallest absolute Gasteiger partial charge is 0.223 e. The zero-order valence-corrected chi connectivity index (χ0v) is 14.8. The summed E-state index contributed by atoms with van der Waals surface area (Å²) >= 11 is 0. The van der Waals surface area contributed by atoms with Gasteiger partial charge in [0.25, 0.3) is 0 Å². The molecule has 0 aliphatic heterocycles. The van der Waals surface area contributed by atoms with Gasteiger partial charge in [0, 0.05) is 55.7 Å². The van der Waals surface area contributed by atoms with Crippen LogP contribution in [0.15, 0.2) is 66.1 Å². The van der Waals surface area contributed by atoms with Crippen molar-refractivity contribution >= 4 is 5.95 Å². The van der Waals surface area contributed by atoms with E-state index < -0.39 is 0 Å². The van der Waals surface area contributed by atoms with E-state index in [1.54, 1.807) is 31.1 Å². The van der Waals surface area contributed by atoms with Crippen LogP contribution in [0, 0.1) is 6.92 Å². The fourth-order valence-electron chi connectivity index (χ4n) is 2.80. The molecular weight excluding hydrogens is 340 g/mol. The van der Waals surface area contributed by atoms with Crippen molar-refractivity contribution in [3.05, 3.63) is 72.9 Å². The van der Waals surface area contributed by atoms with Crippen LogP contribution in [-0.4, -0.2) is 31.5 Å². The molecule has 0 saturated carbocycles. The van der Waals surface area contributed by atoms with Crippen LogP contribution in [0.25, 0.3) is 22.6 Å². The van der Waals surface area contributed by atoms with E-state index in [0.29, 0.717) is 18.3 Å². The highest BCUT2D eigenvalue weighted by Gasteiger charge is 2.15. The lowest BCUT2D eigenvalue weighted by Crippen LogP contribution is -2.09. The maximum absolute atomic E-state index is 5.60. The molecule has 0 aromatic carbocycles. The van der Waals surface area contributed by atoms with Gasteiger partial charge in [0.15, 0.2) is 5.76 Å². The molecule has 1 N–H and O–H groups in total. The maximum Gasteiger partial charge on any atom is 0.223 e. The fraction of sp³-hybridized carbons (Fsp3) is 0.150. The van der Waals surface area contributed by atoms with Gasteiger partial charge in [-0.2, -0.15) is 0 Å². The Morgan fingerprint density at radius 3 is 2.67 bits per heavy atom. The van der Waals surface area contributed by atoms with Crippen LogP contribution in [0.1, 0.15) is 11.3 Å². The lowest BCUT2D eigenvalue weighted by atomic mass is 10.0. The van der Waals surface area contributed by atoms with Crippen molar-refractivity contribution in [2.24, 2.45) is 0 Å². The number of pyridine rings is 1. The van der Waals surface area contributed by atoms with Gasteiger partial charge in [-0.25, -0.2) is 9.97 Å². The van der Waals surface area contributed by atoms with E-state index in [1.165, 1.54) is 0 Å². The first kappa shape index (κ1) is 16.8. The van der Waals surface area contributed by atoms with Crippen LogP contribution in [0.3, 0.4) is 0 Å². The summed E-state index contributed by atoms with van der Waals surface area (Å²) < 4.78 is 5.60. The van der Waals surface area contributed by atoms with E-state index in [4.69, 9.17) is 9.40 Å². The predicted octanol–water partition coefficient (Wildman–Crippen LogP) is 3.55. The molecule has 4 aromatic rings. The summed E-state index contributed by atoms with van der Waals surface area (Å²) in [7, 11) is 0. The van der Waals surface area contributed by atoms with Crippen LogP contribution in [-0.2, 0) is 6.42 Å². The normalized spacial score (nSPS) is 10.7. The van der Waals surface area contributed by atoms with Gasteiger partial charge in [0.2, 0.25) is 5.95 Å². The summed E-state index contributed by atoms with van der Waals surface area (Å²) in [5.74, 6) is 1.24. The number of nitrogens with zero attached hydrogens (tertiary/aromatic N) is 5. The van der Waals surface area contributed by atoms with Gasteiger partial charge in [0.1, 0.15) is 5.69 Å². The second-order valence-electron chi connectivity index (χ2n) is 6.00. The number of hydrogen-bond donors (Lipinski definition) is 1. The van der Waals surface area contributed by atoms with Crippen molar-refractivity contribution < 1.29 is 4.42 Å². The Morgan fingerprint density at radius 1 is 0.963 bits per heavy atom. The topological polar surface area (TPSA) is 89.6 Å². The molecule has 0 unspecified atom stereocenters. The summed E-state index contributed by atoms with van der Waals surface area (Å²) in [6.45, 7) is 2.67. The quantitative estimate of drug-likeness (QED) is 0.564. The van der Waals surface area contributed by atoms with Crippen LogP contribution >= 0.6 is 0 Å². The van der Waals surface area contributed by atoms with Crippen LogP contribution in [0.2, 0.25) is 0 Å². The Morgan fingerprint density at radius 2 is 1.89 bits per heavy atom. The second kappa shape index (κ2) is 7.74. The average Bonchev–Trinajstić information content (AvgIpc) is 3.24. The minimum absolute atomic E-state index is 0.542. The minimum Gasteiger partial charge on any atom is -0.463 e. The molecule has 0 fully saturated rings. The summed E-state index contributed by atoms with van der Waals surface area (Å²) in [4.78, 5) is 21.7. The van der Waals surface area contributed by atoms with Gasteiger partial charge in [-0.05, 0) is 36.2 Å². The van der Waals surface area contributed by atoms with Crippen molar-refractivity contribution in [2.75, 3.05) is 11.9 Å². The molecule has 0 atom stereocenters. The lowest BCUT2D eigenvalue weighted by Gasteiger charge is -2.11. The second-order valence-corrected chi connectivity index (χ2v) is 6.00. The molecule has 7 nitrogen and oxygen atoms in total. The lowest BCUT2D eigenvalue weighted by molar-refractivity contribution is 0.580. The molecule has 7 heteroatoms. The molecule has 0 saturated heterocycles. The highest BCUT2D eigenvalue weighted by atomic mass is 16.3. The Balaban J connectivity index is 1.62. The van der Waals surface area contributed by atoms with Gasteiger partial charge >= 0.3 is 0 Å². The van der Waals surface area contributed by atoms with Crippen molar-refractivity contribution in [2.45, 2.75) is 13.3 Å². The molecule has 0 spiro atoms. The van der Waals surface area contributed by atoms with Crippen LogP contribution in [0.4, 0.5) is 5.95 Å². The molecule has 0 aliphatic rings. The van der Waals surface area contributed by atoms with Gasteiger partial charge in [0.05, 0.1) is 12.0 Å². The summed E-state index contributed by atoms with van der Waals surface area (Å²) in [5.41, 5.74) is 4.65. The molecule has 27 heavy (non-hydrogen) atoms. The third kappa shape index (κ3) is 3.82. The van der Waals surface area contributed by atoms with Crippen LogP contribution in [0.5, 0.6) is 0 Å². The third-order valence-electron chi connectivity index (χ3n) is 4.13. The van der Waals surface area contributed by atoms with E-state index in [0.717, 1.165) is 34.5 Å². The minimum atomic E-state index is 0.542. The van der Waals surface area contributed by atoms with Crippen molar-refractivity contribution in [3.63, 3.8) is 0 Å². The first-order chi connectivity index (χ1) is 13.3. The number of rotatable bonds is 6. The standard InChI is InChI=1S/C20H18N6O/c1-14-11-21-6-5-16(14)17-13-25-20(26-19(17)18-3-2-10-27-18)24-7-4-15-12-22-8-9-23-15/h2-3,5-6,8-13H,4,7H2,1H3,(H,24,25,26). The van der Waals surface area contributed by atoms with Gasteiger partial charge in [-0.15, -0.1) is 0 Å². The number of aryl methyl sites for hydroxylation is 1. The Hall–Kier alpha value is -3.61. The average molecular weight is 358 g/mol. The third-order valence-corrected chi connectivity index (χ3v) is 4.13. The number of furan rings is 1. The number of hydrogen-bond acceptors (Lipinski definition) is 7. The molecule has 4 aromatic heterocycles. The Bertz CT molecular complexity index is 1020. The molecule has 0 amide bonds. The number of anilines is 1. The van der Waals surface area contributed by atoms with Crippen molar-refractivity contribution in [1.29, 1.82) is 0 Å². The first-order valence-corrected chi connectivity index (χ1v) is 8.62. The highest BCUT2D eigenvalue weighted by Crippen LogP contribution is 2.32.